The van der Waals surface area contributed by atoms with Crippen LogP contribution in [0.25, 0.3) is 22.1 Å². The lowest BCUT2D eigenvalue weighted by atomic mass is 9.70. The van der Waals surface area contributed by atoms with Crippen LogP contribution in [0.15, 0.2) is 67.9 Å². The molecule has 0 bridgehead atoms. The monoisotopic (exact) mass is 685 g/mol. The molecule has 198 valence electrons. The lowest BCUT2D eigenvalue weighted by Crippen LogP contribution is -2.65. The van der Waals surface area contributed by atoms with Gasteiger partial charge in [0.25, 0.3) is 0 Å². The Balaban J connectivity index is 1.25. The van der Waals surface area contributed by atoms with Crippen molar-refractivity contribution >= 4 is 94.5 Å². The Kier molecular flexibility index (Phi) is 7.34. The van der Waals surface area contributed by atoms with Crippen LogP contribution in [0, 0.1) is 5.92 Å². The molecule has 2 aromatic carbocycles. The van der Waals surface area contributed by atoms with Gasteiger partial charge < -0.3 is 10.1 Å². The number of thioether (sulfide) groups is 1. The summed E-state index contributed by atoms with van der Waals surface area (Å²) >= 11 is 10.3. The molecule has 1 N–H and O–H groups in total. The lowest BCUT2D eigenvalue weighted by molar-refractivity contribution is -0.135. The van der Waals surface area contributed by atoms with Crippen LogP contribution in [-0.2, 0) is 20.8 Å². The molecule has 0 spiro atoms. The summed E-state index contributed by atoms with van der Waals surface area (Å²) in [6.45, 7) is 1.62. The van der Waals surface area contributed by atoms with E-state index < -0.39 is 12.0 Å². The minimum Gasteiger partial charge on any atom is -0.486 e. The summed E-state index contributed by atoms with van der Waals surface area (Å²) in [4.78, 5) is 49.0. The fourth-order valence-corrected chi connectivity index (χ4v) is 8.64. The Morgan fingerprint density at radius 3 is 2.51 bits per heavy atom. The third-order valence-corrected chi connectivity index (χ3v) is 10.4. The summed E-state index contributed by atoms with van der Waals surface area (Å²) in [7, 11) is 0. The van der Waals surface area contributed by atoms with Crippen LogP contribution < -0.4 is 10.1 Å². The number of aromatic nitrogens is 2. The van der Waals surface area contributed by atoms with E-state index in [1.54, 1.807) is 11.8 Å². The molecule has 1 aliphatic heterocycles. The molecule has 3 atom stereocenters. The first-order valence-electron chi connectivity index (χ1n) is 12.2. The van der Waals surface area contributed by atoms with Crippen LogP contribution in [0.1, 0.15) is 11.8 Å². The third-order valence-electron chi connectivity index (χ3n) is 6.90. The number of nitrogens with zero attached hydrogens (tertiary/aromatic N) is 2. The number of rotatable bonds is 7. The number of allylic oxidation sites excluding steroid dienone is 1. The number of amides is 1. The van der Waals surface area contributed by atoms with Gasteiger partial charge in [0.05, 0.1) is 27.8 Å². The second-order valence-corrected chi connectivity index (χ2v) is 13.3. The van der Waals surface area contributed by atoms with E-state index in [0.717, 1.165) is 26.0 Å². The normalized spacial score (nSPS) is 20.6. The van der Waals surface area contributed by atoms with Gasteiger partial charge in [0.1, 0.15) is 23.7 Å². The quantitative estimate of drug-likeness (QED) is 0.250. The molecule has 1 saturated carbocycles. The molecular weight excluding hydrogens is 666 g/mol. The first-order valence-corrected chi connectivity index (χ1v) is 15.7. The molecule has 4 aromatic rings. The van der Waals surface area contributed by atoms with Crippen molar-refractivity contribution in [1.82, 2.24) is 15.3 Å². The Labute approximate surface area is 249 Å². The number of Topliss-reactive ketones (excluding diaryl/α,β-unsaturated/α-hetero) is 2. The van der Waals surface area contributed by atoms with Crippen molar-refractivity contribution in [3.05, 3.63) is 72.8 Å². The molecule has 1 unspecified atom stereocenters. The number of carbonyl (C=O) groups is 3. The standard InChI is InChI=1S/C28H21Br2N3O4S2/c1-13(34)21-14(12-39-28-22(21)26(36)25(28)33-20(35)9-15-5-4-8-38-15)11-37-27-17(30)10-16(29)23-24(27)32-19-7-3-2-6-18(19)31-23/h2-8,10,22,25,28H,9,11-12H2,1H3,(H,33,35)/t22?,25-,28+/m1/s1. The maximum absolute atomic E-state index is 13.2. The first-order chi connectivity index (χ1) is 18.8. The largest absolute Gasteiger partial charge is 0.486 e. The summed E-state index contributed by atoms with van der Waals surface area (Å²) < 4.78 is 7.77. The maximum Gasteiger partial charge on any atom is 0.225 e. The molecule has 2 aromatic heterocycles. The molecule has 6 rings (SSSR count). The number of fused-ring (bicyclic) bond motifs is 3. The smallest absolute Gasteiger partial charge is 0.225 e. The van der Waals surface area contributed by atoms with E-state index in [0.29, 0.717) is 32.6 Å². The Bertz CT molecular complexity index is 1690. The minimum absolute atomic E-state index is 0.123. The van der Waals surface area contributed by atoms with Gasteiger partial charge in [-0.1, -0.05) is 18.2 Å². The number of nitrogens with one attached hydrogen (secondary N) is 1. The van der Waals surface area contributed by atoms with Gasteiger partial charge in [-0.25, -0.2) is 9.97 Å². The molecule has 1 fully saturated rings. The number of ether oxygens (including phenoxy) is 1. The van der Waals surface area contributed by atoms with Crippen molar-refractivity contribution in [2.75, 3.05) is 12.4 Å². The third kappa shape index (κ3) is 4.94. The maximum atomic E-state index is 13.2. The van der Waals surface area contributed by atoms with E-state index >= 15 is 0 Å². The Morgan fingerprint density at radius 2 is 1.82 bits per heavy atom. The van der Waals surface area contributed by atoms with Gasteiger partial charge >= 0.3 is 0 Å². The van der Waals surface area contributed by atoms with Crippen molar-refractivity contribution in [3.63, 3.8) is 0 Å². The lowest BCUT2D eigenvalue weighted by Gasteiger charge is -2.46. The number of hydrogen-bond donors (Lipinski definition) is 1. The average molecular weight is 687 g/mol. The number of thiophene rings is 1. The molecule has 7 nitrogen and oxygen atoms in total. The van der Waals surface area contributed by atoms with Gasteiger partial charge in [-0.05, 0) is 74.0 Å². The van der Waals surface area contributed by atoms with E-state index in [4.69, 9.17) is 14.7 Å². The molecular formula is C28H21Br2N3O4S2. The minimum atomic E-state index is -0.586. The van der Waals surface area contributed by atoms with Gasteiger partial charge in [-0.2, -0.15) is 11.8 Å². The van der Waals surface area contributed by atoms with E-state index in [-0.39, 0.29) is 35.8 Å². The van der Waals surface area contributed by atoms with Gasteiger partial charge in [-0.15, -0.1) is 11.3 Å². The topological polar surface area (TPSA) is 98.2 Å². The predicted octanol–water partition coefficient (Wildman–Crippen LogP) is 5.68. The van der Waals surface area contributed by atoms with Crippen LogP contribution in [0.2, 0.25) is 0 Å². The average Bonchev–Trinajstić information content (AvgIpc) is 3.43. The second-order valence-electron chi connectivity index (χ2n) is 9.40. The second kappa shape index (κ2) is 10.8. The van der Waals surface area contributed by atoms with Crippen LogP contribution >= 0.6 is 55.0 Å². The van der Waals surface area contributed by atoms with Crippen molar-refractivity contribution in [2.45, 2.75) is 24.6 Å². The molecule has 39 heavy (non-hydrogen) atoms. The van der Waals surface area contributed by atoms with E-state index in [9.17, 15) is 14.4 Å². The highest BCUT2D eigenvalue weighted by Crippen LogP contribution is 2.46. The van der Waals surface area contributed by atoms with E-state index in [1.165, 1.54) is 18.3 Å². The summed E-state index contributed by atoms with van der Waals surface area (Å²) in [5.74, 6) is 0.0564. The zero-order valence-corrected chi connectivity index (χ0v) is 25.4. The number of ketones is 2. The molecule has 3 heterocycles. The molecule has 0 radical (unpaired) electrons. The predicted molar refractivity (Wildman–Crippen MR) is 160 cm³/mol. The molecule has 11 heteroatoms. The number of benzene rings is 2. The zero-order valence-electron chi connectivity index (χ0n) is 20.6. The van der Waals surface area contributed by atoms with Crippen molar-refractivity contribution in [2.24, 2.45) is 5.92 Å². The molecule has 0 saturated heterocycles. The molecule has 1 aliphatic carbocycles. The van der Waals surface area contributed by atoms with Crippen LogP contribution in [0.5, 0.6) is 5.75 Å². The SMILES string of the molecule is CC(=O)C1=C(COc2c(Br)cc(Br)c3nc4ccccc4nc23)CS[C@H]2C1C(=O)[C@H]2NC(=O)Cc1cccs1. The number of hydrogen-bond acceptors (Lipinski definition) is 8. The summed E-state index contributed by atoms with van der Waals surface area (Å²) in [6, 6.07) is 12.7. The summed E-state index contributed by atoms with van der Waals surface area (Å²) in [5, 5.41) is 4.65. The van der Waals surface area contributed by atoms with Crippen LogP contribution in [0.3, 0.4) is 0 Å². The van der Waals surface area contributed by atoms with Gasteiger partial charge in [-0.3, -0.25) is 14.4 Å². The van der Waals surface area contributed by atoms with Crippen molar-refractivity contribution in [3.8, 4) is 5.75 Å². The van der Waals surface area contributed by atoms with E-state index in [1.807, 2.05) is 47.8 Å². The van der Waals surface area contributed by atoms with Gasteiger partial charge in [0, 0.05) is 25.9 Å². The zero-order chi connectivity index (χ0) is 27.3. The van der Waals surface area contributed by atoms with Gasteiger partial charge in [0.15, 0.2) is 17.3 Å². The van der Waals surface area contributed by atoms with Crippen molar-refractivity contribution < 1.29 is 19.1 Å². The highest BCUT2D eigenvalue weighted by atomic mass is 79.9. The molecule has 2 aliphatic rings. The fourth-order valence-electron chi connectivity index (χ4n) is 5.10. The highest BCUT2D eigenvalue weighted by Gasteiger charge is 2.55. The Hall–Kier alpha value is -2.60. The summed E-state index contributed by atoms with van der Waals surface area (Å²) in [5.41, 5.74) is 4.06. The number of halogens is 2. The first kappa shape index (κ1) is 26.6. The fraction of sp³-hybridized carbons (Fsp3) is 0.250. The van der Waals surface area contributed by atoms with E-state index in [2.05, 4.69) is 37.2 Å². The highest BCUT2D eigenvalue weighted by molar-refractivity contribution is 9.11. The molecule has 1 amide bonds. The Morgan fingerprint density at radius 1 is 1.08 bits per heavy atom. The summed E-state index contributed by atoms with van der Waals surface area (Å²) in [6.07, 6.45) is 0.242. The number of carbonyl (C=O) groups excluding carboxylic acids is 3. The van der Waals surface area contributed by atoms with Crippen LogP contribution in [0.4, 0.5) is 0 Å². The number of para-hydroxylation sites is 2. The van der Waals surface area contributed by atoms with Crippen molar-refractivity contribution in [1.29, 1.82) is 0 Å². The van der Waals surface area contributed by atoms with Crippen LogP contribution in [-0.4, -0.2) is 51.1 Å². The van der Waals surface area contributed by atoms with Gasteiger partial charge in [0.2, 0.25) is 5.91 Å².